The number of nitrogens with zero attached hydrogens (tertiary/aromatic N) is 3. The molecule has 3 rings (SSSR count). The van der Waals surface area contributed by atoms with Crippen LogP contribution in [0, 0.1) is 10.1 Å². The van der Waals surface area contributed by atoms with E-state index in [0.29, 0.717) is 11.5 Å². The van der Waals surface area contributed by atoms with Crippen molar-refractivity contribution in [2.75, 3.05) is 14.2 Å². The Labute approximate surface area is 125 Å². The molecule has 0 aliphatic rings. The molecule has 0 unspecified atom stereocenters. The number of ether oxygens (including phenoxy) is 2. The number of rotatable bonds is 4. The summed E-state index contributed by atoms with van der Waals surface area (Å²) in [5.74, 6) is 1.13. The lowest BCUT2D eigenvalue weighted by Gasteiger charge is -2.08. The Morgan fingerprint density at radius 2 is 2.00 bits per heavy atom. The molecule has 0 bridgehead atoms. The zero-order chi connectivity index (χ0) is 15.7. The number of fused-ring (bicyclic) bond motifs is 1. The molecule has 0 fully saturated rings. The predicted octanol–water partition coefficient (Wildman–Crippen LogP) is 2.93. The molecule has 0 spiro atoms. The van der Waals surface area contributed by atoms with E-state index in [0.717, 1.165) is 16.9 Å². The fourth-order valence-electron chi connectivity index (χ4n) is 2.29. The second kappa shape index (κ2) is 5.36. The number of aromatic nitrogens is 2. The first-order valence-corrected chi connectivity index (χ1v) is 6.48. The SMILES string of the molecule is COc1ccn2c(-c3ccc([N+](=O)[O-])cc3OC)cnc2c1. The third kappa shape index (κ3) is 2.22. The summed E-state index contributed by atoms with van der Waals surface area (Å²) < 4.78 is 12.3. The highest BCUT2D eigenvalue weighted by Crippen LogP contribution is 2.33. The summed E-state index contributed by atoms with van der Waals surface area (Å²) in [5, 5.41) is 10.9. The minimum Gasteiger partial charge on any atom is -0.497 e. The number of hydrogen-bond acceptors (Lipinski definition) is 5. The normalized spacial score (nSPS) is 10.6. The number of nitro benzene ring substituents is 1. The number of pyridine rings is 1. The molecule has 0 aliphatic carbocycles. The monoisotopic (exact) mass is 299 g/mol. The maximum Gasteiger partial charge on any atom is 0.273 e. The first kappa shape index (κ1) is 13.9. The fraction of sp³-hybridized carbons (Fsp3) is 0.133. The molecular weight excluding hydrogens is 286 g/mol. The van der Waals surface area contributed by atoms with Gasteiger partial charge < -0.3 is 9.47 Å². The Hall–Kier alpha value is -3.09. The molecule has 0 saturated carbocycles. The van der Waals surface area contributed by atoms with Crippen LogP contribution in [0.1, 0.15) is 0 Å². The van der Waals surface area contributed by atoms with E-state index in [9.17, 15) is 10.1 Å². The maximum atomic E-state index is 10.9. The van der Waals surface area contributed by atoms with Crippen LogP contribution in [0.3, 0.4) is 0 Å². The van der Waals surface area contributed by atoms with Gasteiger partial charge >= 0.3 is 0 Å². The van der Waals surface area contributed by atoms with Gasteiger partial charge in [-0.2, -0.15) is 0 Å². The van der Waals surface area contributed by atoms with Crippen molar-refractivity contribution in [3.8, 4) is 22.8 Å². The summed E-state index contributed by atoms with van der Waals surface area (Å²) >= 11 is 0. The molecule has 0 aliphatic heterocycles. The Morgan fingerprint density at radius 1 is 1.18 bits per heavy atom. The first-order valence-electron chi connectivity index (χ1n) is 6.48. The van der Waals surface area contributed by atoms with Gasteiger partial charge in [-0.15, -0.1) is 0 Å². The lowest BCUT2D eigenvalue weighted by atomic mass is 10.1. The van der Waals surface area contributed by atoms with Crippen LogP contribution < -0.4 is 9.47 Å². The smallest absolute Gasteiger partial charge is 0.273 e. The fourth-order valence-corrected chi connectivity index (χ4v) is 2.29. The van der Waals surface area contributed by atoms with E-state index in [4.69, 9.17) is 9.47 Å². The Morgan fingerprint density at radius 3 is 2.68 bits per heavy atom. The van der Waals surface area contributed by atoms with Crippen molar-refractivity contribution in [1.82, 2.24) is 9.38 Å². The topological polar surface area (TPSA) is 78.9 Å². The molecule has 0 saturated heterocycles. The van der Waals surface area contributed by atoms with Gasteiger partial charge in [0.15, 0.2) is 0 Å². The molecule has 2 heterocycles. The molecule has 112 valence electrons. The van der Waals surface area contributed by atoms with E-state index in [1.165, 1.54) is 19.2 Å². The third-order valence-corrected chi connectivity index (χ3v) is 3.39. The van der Waals surface area contributed by atoms with Crippen LogP contribution in [0.2, 0.25) is 0 Å². The largest absolute Gasteiger partial charge is 0.497 e. The standard InChI is InChI=1S/C15H13N3O4/c1-21-11-5-6-17-13(9-16-15(17)8-11)12-4-3-10(18(19)20)7-14(12)22-2/h3-9H,1-2H3. The van der Waals surface area contributed by atoms with Crippen LogP contribution in [-0.4, -0.2) is 28.5 Å². The molecule has 7 heteroatoms. The first-order chi connectivity index (χ1) is 10.6. The van der Waals surface area contributed by atoms with E-state index >= 15 is 0 Å². The van der Waals surface area contributed by atoms with Crippen molar-refractivity contribution in [3.63, 3.8) is 0 Å². The lowest BCUT2D eigenvalue weighted by Crippen LogP contribution is -1.95. The Kier molecular flexibility index (Phi) is 3.38. The molecule has 0 N–H and O–H groups in total. The van der Waals surface area contributed by atoms with Gasteiger partial charge in [-0.1, -0.05) is 0 Å². The highest BCUT2D eigenvalue weighted by molar-refractivity contribution is 5.72. The van der Waals surface area contributed by atoms with Gasteiger partial charge in [0, 0.05) is 23.9 Å². The minimum absolute atomic E-state index is 0.0175. The average Bonchev–Trinajstić information content (AvgIpc) is 2.96. The molecule has 0 atom stereocenters. The van der Waals surface area contributed by atoms with Crippen molar-refractivity contribution >= 4 is 11.3 Å². The second-order valence-electron chi connectivity index (χ2n) is 4.58. The summed E-state index contributed by atoms with van der Waals surface area (Å²) in [5.41, 5.74) is 2.21. The minimum atomic E-state index is -0.453. The zero-order valence-electron chi connectivity index (χ0n) is 12.0. The van der Waals surface area contributed by atoms with Crippen LogP contribution in [0.15, 0.2) is 42.7 Å². The molecule has 1 aromatic carbocycles. The zero-order valence-corrected chi connectivity index (χ0v) is 12.0. The van der Waals surface area contributed by atoms with Crippen molar-refractivity contribution in [2.45, 2.75) is 0 Å². The molecular formula is C15H13N3O4. The second-order valence-corrected chi connectivity index (χ2v) is 4.58. The third-order valence-electron chi connectivity index (χ3n) is 3.39. The maximum absolute atomic E-state index is 10.9. The van der Waals surface area contributed by atoms with Crippen molar-refractivity contribution < 1.29 is 14.4 Å². The number of hydrogen-bond donors (Lipinski definition) is 0. The van der Waals surface area contributed by atoms with Crippen LogP contribution in [-0.2, 0) is 0 Å². The van der Waals surface area contributed by atoms with Crippen molar-refractivity contribution in [1.29, 1.82) is 0 Å². The number of non-ortho nitro benzene ring substituents is 1. The molecule has 7 nitrogen and oxygen atoms in total. The quantitative estimate of drug-likeness (QED) is 0.546. The highest BCUT2D eigenvalue weighted by Gasteiger charge is 2.15. The van der Waals surface area contributed by atoms with Gasteiger partial charge in [0.05, 0.1) is 37.1 Å². The number of benzene rings is 1. The van der Waals surface area contributed by atoms with Crippen LogP contribution in [0.5, 0.6) is 11.5 Å². The summed E-state index contributed by atoms with van der Waals surface area (Å²) in [4.78, 5) is 14.7. The molecule has 22 heavy (non-hydrogen) atoms. The molecule has 0 radical (unpaired) electrons. The lowest BCUT2D eigenvalue weighted by molar-refractivity contribution is -0.384. The van der Waals surface area contributed by atoms with E-state index < -0.39 is 4.92 Å². The van der Waals surface area contributed by atoms with E-state index in [-0.39, 0.29) is 5.69 Å². The van der Waals surface area contributed by atoms with Gasteiger partial charge in [-0.05, 0) is 12.1 Å². The van der Waals surface area contributed by atoms with Gasteiger partial charge in [0.1, 0.15) is 17.1 Å². The van der Waals surface area contributed by atoms with Crippen LogP contribution in [0.25, 0.3) is 16.9 Å². The van der Waals surface area contributed by atoms with Crippen LogP contribution >= 0.6 is 0 Å². The highest BCUT2D eigenvalue weighted by atomic mass is 16.6. The van der Waals surface area contributed by atoms with Crippen molar-refractivity contribution in [3.05, 3.63) is 52.8 Å². The molecule has 0 amide bonds. The number of nitro groups is 1. The Balaban J connectivity index is 2.17. The summed E-state index contributed by atoms with van der Waals surface area (Å²) in [6.07, 6.45) is 3.52. The summed E-state index contributed by atoms with van der Waals surface area (Å²) in [6.45, 7) is 0. The molecule has 3 aromatic rings. The van der Waals surface area contributed by atoms with Crippen molar-refractivity contribution in [2.24, 2.45) is 0 Å². The van der Waals surface area contributed by atoms with Crippen LogP contribution in [0.4, 0.5) is 5.69 Å². The summed E-state index contributed by atoms with van der Waals surface area (Å²) in [6, 6.07) is 8.13. The van der Waals surface area contributed by atoms with E-state index in [2.05, 4.69) is 4.98 Å². The van der Waals surface area contributed by atoms with Gasteiger partial charge in [0.25, 0.3) is 5.69 Å². The summed E-state index contributed by atoms with van der Waals surface area (Å²) in [7, 11) is 3.07. The molecule has 2 aromatic heterocycles. The number of imidazole rings is 1. The van der Waals surface area contributed by atoms with E-state index in [1.54, 1.807) is 25.4 Å². The van der Waals surface area contributed by atoms with Gasteiger partial charge in [-0.3, -0.25) is 14.5 Å². The van der Waals surface area contributed by atoms with Gasteiger partial charge in [0.2, 0.25) is 0 Å². The number of methoxy groups -OCH3 is 2. The van der Waals surface area contributed by atoms with Gasteiger partial charge in [-0.25, -0.2) is 4.98 Å². The average molecular weight is 299 g/mol. The van der Waals surface area contributed by atoms with E-state index in [1.807, 2.05) is 16.7 Å². The predicted molar refractivity (Wildman–Crippen MR) is 80.4 cm³/mol. The Bertz CT molecular complexity index is 857.